The fourth-order valence-electron chi connectivity index (χ4n) is 3.74. The molecule has 0 saturated heterocycles. The van der Waals surface area contributed by atoms with Gasteiger partial charge in [-0.2, -0.15) is 0 Å². The van der Waals surface area contributed by atoms with Gasteiger partial charge in [0, 0.05) is 30.3 Å². The number of hydrogen-bond acceptors (Lipinski definition) is 5. The minimum Gasteiger partial charge on any atom is -0.383 e. The van der Waals surface area contributed by atoms with E-state index in [-0.39, 0.29) is 11.8 Å². The van der Waals surface area contributed by atoms with Crippen LogP contribution in [-0.2, 0) is 9.53 Å². The van der Waals surface area contributed by atoms with Crippen LogP contribution in [0.15, 0.2) is 66.3 Å². The quantitative estimate of drug-likeness (QED) is 0.676. The van der Waals surface area contributed by atoms with Crippen LogP contribution in [0.4, 0.5) is 5.69 Å². The predicted molar refractivity (Wildman–Crippen MR) is 112 cm³/mol. The molecule has 2 aromatic heterocycles. The van der Waals surface area contributed by atoms with Crippen molar-refractivity contribution in [3.05, 3.63) is 82.3 Å². The summed E-state index contributed by atoms with van der Waals surface area (Å²) in [6.45, 7) is 0.801. The van der Waals surface area contributed by atoms with E-state index in [0.29, 0.717) is 24.4 Å². The van der Waals surface area contributed by atoms with E-state index in [1.54, 1.807) is 53.9 Å². The summed E-state index contributed by atoms with van der Waals surface area (Å²) in [7, 11) is 1.61. The minimum absolute atomic E-state index is 0.0820. The number of benzene rings is 1. The molecule has 0 saturated carbocycles. The topological polar surface area (TPSA) is 71.5 Å². The molecule has 3 aromatic rings. The Morgan fingerprint density at radius 2 is 2.07 bits per heavy atom. The van der Waals surface area contributed by atoms with E-state index in [9.17, 15) is 9.59 Å². The minimum atomic E-state index is -0.542. The first-order chi connectivity index (χ1) is 14.2. The van der Waals surface area contributed by atoms with Crippen LogP contribution in [0.2, 0.25) is 0 Å². The van der Waals surface area contributed by atoms with Gasteiger partial charge >= 0.3 is 0 Å². The van der Waals surface area contributed by atoms with E-state index in [2.05, 4.69) is 10.3 Å². The molecule has 3 heterocycles. The second-order valence-electron chi connectivity index (χ2n) is 6.75. The Labute approximate surface area is 173 Å². The van der Waals surface area contributed by atoms with Gasteiger partial charge in [-0.15, -0.1) is 11.3 Å². The molecule has 1 N–H and O–H groups in total. The van der Waals surface area contributed by atoms with E-state index in [1.807, 2.05) is 35.7 Å². The van der Waals surface area contributed by atoms with Crippen molar-refractivity contribution in [2.75, 3.05) is 25.6 Å². The third kappa shape index (κ3) is 3.79. The smallest absolute Gasteiger partial charge is 0.254 e. The average Bonchev–Trinajstić information content (AvgIpc) is 3.28. The number of carbonyl (C=O) groups excluding carboxylic acids is 2. The van der Waals surface area contributed by atoms with Crippen LogP contribution < -0.4 is 5.32 Å². The van der Waals surface area contributed by atoms with Gasteiger partial charge in [0.15, 0.2) is 0 Å². The summed E-state index contributed by atoms with van der Waals surface area (Å²) in [6, 6.07) is 14.4. The molecule has 0 bridgehead atoms. The van der Waals surface area contributed by atoms with Gasteiger partial charge in [0.25, 0.3) is 5.91 Å². The van der Waals surface area contributed by atoms with Crippen molar-refractivity contribution in [2.45, 2.75) is 12.0 Å². The van der Waals surface area contributed by atoms with E-state index >= 15 is 0 Å². The number of nitrogens with zero attached hydrogens (tertiary/aromatic N) is 2. The van der Waals surface area contributed by atoms with Gasteiger partial charge in [-0.05, 0) is 35.2 Å². The molecule has 7 heteroatoms. The predicted octanol–water partition coefficient (Wildman–Crippen LogP) is 3.71. The molecule has 2 atom stereocenters. The van der Waals surface area contributed by atoms with Crippen molar-refractivity contribution < 1.29 is 14.3 Å². The van der Waals surface area contributed by atoms with Crippen LogP contribution in [0, 0.1) is 0 Å². The molecule has 4 rings (SSSR count). The SMILES string of the molecule is COCCN1C(=O)c2ccccc2[C@H](C(=O)Nc2cccnc2)[C@H]1c1cccs1. The molecule has 0 aliphatic carbocycles. The van der Waals surface area contributed by atoms with Gasteiger partial charge in [0.1, 0.15) is 0 Å². The Bertz CT molecular complexity index is 992. The zero-order valence-corrected chi connectivity index (χ0v) is 16.8. The fourth-order valence-corrected chi connectivity index (χ4v) is 4.62. The monoisotopic (exact) mass is 407 g/mol. The Morgan fingerprint density at radius 3 is 2.79 bits per heavy atom. The van der Waals surface area contributed by atoms with Crippen LogP contribution in [-0.4, -0.2) is 42.0 Å². The molecule has 1 aliphatic heterocycles. The highest BCUT2D eigenvalue weighted by Crippen LogP contribution is 2.44. The largest absolute Gasteiger partial charge is 0.383 e. The van der Waals surface area contributed by atoms with Crippen LogP contribution in [0.25, 0.3) is 0 Å². The van der Waals surface area contributed by atoms with Crippen molar-refractivity contribution in [3.63, 3.8) is 0 Å². The van der Waals surface area contributed by atoms with Crippen molar-refractivity contribution in [2.24, 2.45) is 0 Å². The van der Waals surface area contributed by atoms with Gasteiger partial charge in [0.05, 0.1) is 30.5 Å². The van der Waals surface area contributed by atoms with Crippen molar-refractivity contribution >= 4 is 28.8 Å². The molecule has 0 spiro atoms. The van der Waals surface area contributed by atoms with Crippen LogP contribution in [0.3, 0.4) is 0 Å². The molecule has 2 amide bonds. The number of anilines is 1. The molecule has 1 aromatic carbocycles. The summed E-state index contributed by atoms with van der Waals surface area (Å²) in [5.74, 6) is -0.792. The zero-order valence-electron chi connectivity index (χ0n) is 15.9. The van der Waals surface area contributed by atoms with E-state index in [0.717, 1.165) is 10.4 Å². The molecule has 0 unspecified atom stereocenters. The standard InChI is InChI=1S/C22H21N3O3S/c1-28-12-11-25-20(18-9-5-13-29-18)19(16-7-2-3-8-17(16)22(25)27)21(26)24-15-6-4-10-23-14-15/h2-10,13-14,19-20H,11-12H2,1H3,(H,24,26)/t19-,20+/m0/s1. The molecule has 6 nitrogen and oxygen atoms in total. The molecule has 1 aliphatic rings. The maximum atomic E-state index is 13.5. The second-order valence-corrected chi connectivity index (χ2v) is 7.73. The van der Waals surface area contributed by atoms with E-state index in [1.165, 1.54) is 0 Å². The molecule has 0 radical (unpaired) electrons. The molecule has 0 fully saturated rings. The second kappa shape index (κ2) is 8.55. The Balaban J connectivity index is 1.80. The van der Waals surface area contributed by atoms with E-state index < -0.39 is 12.0 Å². The van der Waals surface area contributed by atoms with Crippen molar-refractivity contribution in [1.82, 2.24) is 9.88 Å². The van der Waals surface area contributed by atoms with Gasteiger partial charge in [0.2, 0.25) is 5.91 Å². The third-order valence-corrected chi connectivity index (χ3v) is 5.96. The van der Waals surface area contributed by atoms with Crippen LogP contribution in [0.1, 0.15) is 32.8 Å². The summed E-state index contributed by atoms with van der Waals surface area (Å²) >= 11 is 1.54. The normalized spacial score (nSPS) is 18.4. The lowest BCUT2D eigenvalue weighted by Gasteiger charge is -2.41. The fraction of sp³-hybridized carbons (Fsp3) is 0.227. The van der Waals surface area contributed by atoms with Gasteiger partial charge in [-0.1, -0.05) is 24.3 Å². The summed E-state index contributed by atoms with van der Waals surface area (Å²) in [6.07, 6.45) is 3.27. The lowest BCUT2D eigenvalue weighted by atomic mass is 9.81. The number of thiophene rings is 1. The van der Waals surface area contributed by atoms with E-state index in [4.69, 9.17) is 4.74 Å². The average molecular weight is 407 g/mol. The first-order valence-corrected chi connectivity index (χ1v) is 10.2. The number of methoxy groups -OCH3 is 1. The Morgan fingerprint density at radius 1 is 1.21 bits per heavy atom. The summed E-state index contributed by atoms with van der Waals surface area (Å²) in [5.41, 5.74) is 1.92. The number of hydrogen-bond donors (Lipinski definition) is 1. The number of pyridine rings is 1. The molecular formula is C22H21N3O3S. The Hall–Kier alpha value is -3.03. The number of aromatic nitrogens is 1. The number of ether oxygens (including phenoxy) is 1. The number of nitrogens with one attached hydrogen (secondary N) is 1. The number of carbonyl (C=O) groups is 2. The highest BCUT2D eigenvalue weighted by atomic mass is 32.1. The van der Waals surface area contributed by atoms with Crippen molar-refractivity contribution in [1.29, 1.82) is 0 Å². The summed E-state index contributed by atoms with van der Waals surface area (Å²) in [4.78, 5) is 33.5. The first-order valence-electron chi connectivity index (χ1n) is 9.34. The van der Waals surface area contributed by atoms with Gasteiger partial charge < -0.3 is 15.0 Å². The lowest BCUT2D eigenvalue weighted by Crippen LogP contribution is -2.47. The maximum absolute atomic E-state index is 13.5. The summed E-state index contributed by atoms with van der Waals surface area (Å²) in [5, 5.41) is 4.93. The first kappa shape index (κ1) is 19.3. The van der Waals surface area contributed by atoms with Crippen LogP contribution in [0.5, 0.6) is 0 Å². The summed E-state index contributed by atoms with van der Waals surface area (Å²) < 4.78 is 5.24. The molecule has 29 heavy (non-hydrogen) atoms. The number of amides is 2. The molecular weight excluding hydrogens is 386 g/mol. The highest BCUT2D eigenvalue weighted by molar-refractivity contribution is 7.10. The molecule has 148 valence electrons. The Kier molecular flexibility index (Phi) is 5.69. The van der Waals surface area contributed by atoms with Gasteiger partial charge in [-0.3, -0.25) is 14.6 Å². The maximum Gasteiger partial charge on any atom is 0.254 e. The number of fused-ring (bicyclic) bond motifs is 1. The number of rotatable bonds is 6. The van der Waals surface area contributed by atoms with Crippen molar-refractivity contribution in [3.8, 4) is 0 Å². The highest BCUT2D eigenvalue weighted by Gasteiger charge is 2.44. The lowest BCUT2D eigenvalue weighted by molar-refractivity contribution is -0.119. The van der Waals surface area contributed by atoms with Crippen LogP contribution >= 0.6 is 11.3 Å². The third-order valence-electron chi connectivity index (χ3n) is 5.02. The van der Waals surface area contributed by atoms with Gasteiger partial charge in [-0.25, -0.2) is 0 Å². The zero-order chi connectivity index (χ0) is 20.2.